The van der Waals surface area contributed by atoms with Gasteiger partial charge < -0.3 is 5.32 Å². The van der Waals surface area contributed by atoms with Crippen molar-refractivity contribution in [1.82, 2.24) is 15.3 Å². The summed E-state index contributed by atoms with van der Waals surface area (Å²) >= 11 is 0. The van der Waals surface area contributed by atoms with Gasteiger partial charge in [-0.1, -0.05) is 6.58 Å². The van der Waals surface area contributed by atoms with Crippen molar-refractivity contribution >= 4 is 5.91 Å². The number of amides is 1. The van der Waals surface area contributed by atoms with Gasteiger partial charge in [0.05, 0.1) is 12.1 Å². The first-order valence-corrected chi connectivity index (χ1v) is 4.22. The molecule has 1 aromatic heterocycles. The molecule has 0 aliphatic heterocycles. The molecule has 0 aromatic carbocycles. The highest BCUT2D eigenvalue weighted by Gasteiger charge is 2.31. The molecule has 1 N–H and O–H groups in total. The molecular weight excluding hydrogens is 223 g/mol. The van der Waals surface area contributed by atoms with Crippen molar-refractivity contribution in [3.8, 4) is 0 Å². The molecule has 0 aliphatic carbocycles. The fraction of sp³-hybridized carbons (Fsp3) is 0.222. The molecule has 86 valence electrons. The van der Waals surface area contributed by atoms with E-state index in [0.717, 1.165) is 6.08 Å². The smallest absolute Gasteiger partial charge is 0.345 e. The molecule has 0 bridgehead atoms. The van der Waals surface area contributed by atoms with E-state index in [1.165, 1.54) is 0 Å². The fourth-order valence-corrected chi connectivity index (χ4v) is 0.831. The number of halogens is 3. The van der Waals surface area contributed by atoms with Crippen molar-refractivity contribution in [3.63, 3.8) is 0 Å². The van der Waals surface area contributed by atoms with Gasteiger partial charge in [0.1, 0.15) is 5.82 Å². The van der Waals surface area contributed by atoms with Gasteiger partial charge in [0.15, 0.2) is 0 Å². The summed E-state index contributed by atoms with van der Waals surface area (Å²) < 4.78 is 36.4. The van der Waals surface area contributed by atoms with Crippen LogP contribution in [0.2, 0.25) is 0 Å². The summed E-state index contributed by atoms with van der Waals surface area (Å²) in [6, 6.07) is 0. The van der Waals surface area contributed by atoms with Crippen LogP contribution < -0.4 is 5.32 Å². The van der Waals surface area contributed by atoms with Gasteiger partial charge in [-0.2, -0.15) is 13.2 Å². The molecule has 0 fully saturated rings. The minimum absolute atomic E-state index is 0.0387. The van der Waals surface area contributed by atoms with Crippen molar-refractivity contribution in [2.24, 2.45) is 0 Å². The second-order valence-corrected chi connectivity index (χ2v) is 2.81. The lowest BCUT2D eigenvalue weighted by Crippen LogP contribution is -2.21. The van der Waals surface area contributed by atoms with E-state index in [1.54, 1.807) is 0 Å². The van der Waals surface area contributed by atoms with Crippen LogP contribution in [-0.2, 0) is 17.5 Å². The van der Waals surface area contributed by atoms with E-state index in [1.807, 2.05) is 0 Å². The van der Waals surface area contributed by atoms with E-state index in [4.69, 9.17) is 0 Å². The van der Waals surface area contributed by atoms with E-state index in [-0.39, 0.29) is 12.4 Å². The molecule has 0 aliphatic rings. The topological polar surface area (TPSA) is 54.9 Å². The van der Waals surface area contributed by atoms with Crippen LogP contribution in [0.3, 0.4) is 0 Å². The maximum atomic E-state index is 12.1. The van der Waals surface area contributed by atoms with Crippen LogP contribution in [0.4, 0.5) is 13.2 Å². The average Bonchev–Trinajstić information content (AvgIpc) is 2.25. The third kappa shape index (κ3) is 3.34. The molecule has 4 nitrogen and oxygen atoms in total. The highest BCUT2D eigenvalue weighted by atomic mass is 19.4. The Bertz CT molecular complexity index is 386. The molecule has 0 unspecified atom stereocenters. The summed E-state index contributed by atoms with van der Waals surface area (Å²) in [5.74, 6) is -0.341. The first kappa shape index (κ1) is 12.2. The Morgan fingerprint density at radius 2 is 2.00 bits per heavy atom. The lowest BCUT2D eigenvalue weighted by molar-refractivity contribution is -0.138. The second-order valence-electron chi connectivity index (χ2n) is 2.81. The van der Waals surface area contributed by atoms with Crippen molar-refractivity contribution < 1.29 is 18.0 Å². The highest BCUT2D eigenvalue weighted by molar-refractivity contribution is 5.86. The molecule has 16 heavy (non-hydrogen) atoms. The maximum Gasteiger partial charge on any atom is 0.419 e. The fourth-order valence-electron chi connectivity index (χ4n) is 0.831. The quantitative estimate of drug-likeness (QED) is 0.797. The number of carbonyl (C=O) groups excluding carboxylic acids is 1. The van der Waals surface area contributed by atoms with Crippen molar-refractivity contribution in [2.75, 3.05) is 0 Å². The van der Waals surface area contributed by atoms with Crippen molar-refractivity contribution in [3.05, 3.63) is 36.4 Å². The number of nitrogens with one attached hydrogen (secondary N) is 1. The average molecular weight is 231 g/mol. The van der Waals surface area contributed by atoms with Crippen molar-refractivity contribution in [2.45, 2.75) is 12.7 Å². The van der Waals surface area contributed by atoms with Gasteiger partial charge in [0.2, 0.25) is 5.91 Å². The van der Waals surface area contributed by atoms with Crippen LogP contribution in [0, 0.1) is 0 Å². The van der Waals surface area contributed by atoms with Gasteiger partial charge in [-0.05, 0) is 6.08 Å². The number of hydrogen-bond donors (Lipinski definition) is 1. The van der Waals surface area contributed by atoms with Gasteiger partial charge in [0.25, 0.3) is 0 Å². The number of rotatable bonds is 3. The summed E-state index contributed by atoms with van der Waals surface area (Å²) in [7, 11) is 0. The lowest BCUT2D eigenvalue weighted by atomic mass is 10.3. The largest absolute Gasteiger partial charge is 0.419 e. The third-order valence-electron chi connectivity index (χ3n) is 1.64. The van der Waals surface area contributed by atoms with E-state index < -0.39 is 17.6 Å². The summed E-state index contributed by atoms with van der Waals surface area (Å²) in [5, 5.41) is 2.34. The lowest BCUT2D eigenvalue weighted by Gasteiger charge is -2.06. The summed E-state index contributed by atoms with van der Waals surface area (Å²) in [4.78, 5) is 17.7. The predicted molar refractivity (Wildman–Crippen MR) is 49.1 cm³/mol. The summed E-state index contributed by atoms with van der Waals surface area (Å²) in [6.45, 7) is 3.18. The minimum Gasteiger partial charge on any atom is -0.345 e. The first-order valence-electron chi connectivity index (χ1n) is 4.22. The Morgan fingerprint density at radius 3 is 2.44 bits per heavy atom. The van der Waals surface area contributed by atoms with Crippen LogP contribution >= 0.6 is 0 Å². The number of carbonyl (C=O) groups is 1. The summed E-state index contributed by atoms with van der Waals surface area (Å²) in [5.41, 5.74) is -0.925. The molecule has 0 saturated carbocycles. The zero-order valence-corrected chi connectivity index (χ0v) is 8.08. The first-order chi connectivity index (χ1) is 7.43. The Balaban J connectivity index is 2.65. The Labute approximate surface area is 89.2 Å². The van der Waals surface area contributed by atoms with E-state index in [2.05, 4.69) is 21.9 Å². The second kappa shape index (κ2) is 4.73. The van der Waals surface area contributed by atoms with Gasteiger partial charge >= 0.3 is 6.18 Å². The molecule has 1 rings (SSSR count). The third-order valence-corrected chi connectivity index (χ3v) is 1.64. The standard InChI is InChI=1S/C9H8F3N3O/c1-2-8(16)15-5-7-13-3-6(4-14-7)9(10,11)12/h2-4H,1,5H2,(H,15,16). The van der Waals surface area contributed by atoms with Gasteiger partial charge in [-0.25, -0.2) is 9.97 Å². The molecule has 1 heterocycles. The Morgan fingerprint density at radius 1 is 1.44 bits per heavy atom. The van der Waals surface area contributed by atoms with Crippen molar-refractivity contribution in [1.29, 1.82) is 0 Å². The van der Waals surface area contributed by atoms with E-state index >= 15 is 0 Å². The molecule has 0 radical (unpaired) electrons. The zero-order valence-electron chi connectivity index (χ0n) is 8.08. The highest BCUT2D eigenvalue weighted by Crippen LogP contribution is 2.27. The molecular formula is C9H8F3N3O. The molecule has 0 saturated heterocycles. The number of alkyl halides is 3. The Kier molecular flexibility index (Phi) is 3.60. The normalized spacial score (nSPS) is 10.9. The van der Waals surface area contributed by atoms with Gasteiger partial charge in [0, 0.05) is 12.4 Å². The van der Waals surface area contributed by atoms with Crippen LogP contribution in [0.5, 0.6) is 0 Å². The van der Waals surface area contributed by atoms with Crippen LogP contribution in [0.1, 0.15) is 11.4 Å². The van der Waals surface area contributed by atoms with Crippen LogP contribution in [-0.4, -0.2) is 15.9 Å². The number of nitrogens with zero attached hydrogens (tertiary/aromatic N) is 2. The molecule has 0 spiro atoms. The Hall–Kier alpha value is -1.92. The molecule has 0 atom stereocenters. The zero-order chi connectivity index (χ0) is 12.2. The molecule has 1 amide bonds. The van der Waals surface area contributed by atoms with E-state index in [9.17, 15) is 18.0 Å². The van der Waals surface area contributed by atoms with Gasteiger partial charge in [-0.3, -0.25) is 4.79 Å². The predicted octanol–water partition coefficient (Wildman–Crippen LogP) is 1.30. The maximum absolute atomic E-state index is 12.1. The monoisotopic (exact) mass is 231 g/mol. The molecule has 1 aromatic rings. The van der Waals surface area contributed by atoms with E-state index in [0.29, 0.717) is 12.4 Å². The SMILES string of the molecule is C=CC(=O)NCc1ncc(C(F)(F)F)cn1. The van der Waals surface area contributed by atoms with Crippen LogP contribution in [0.25, 0.3) is 0 Å². The number of aromatic nitrogens is 2. The number of hydrogen-bond acceptors (Lipinski definition) is 3. The minimum atomic E-state index is -4.46. The van der Waals surface area contributed by atoms with Gasteiger partial charge in [-0.15, -0.1) is 0 Å². The summed E-state index contributed by atoms with van der Waals surface area (Å²) in [6.07, 6.45) is -2.07. The molecule has 7 heteroatoms. The van der Waals surface area contributed by atoms with Crippen LogP contribution in [0.15, 0.2) is 25.0 Å².